The second-order valence-corrected chi connectivity index (χ2v) is 8.06. The zero-order valence-electron chi connectivity index (χ0n) is 17.1. The minimum atomic E-state index is -3.10. The van der Waals surface area contributed by atoms with E-state index in [0.29, 0.717) is 17.7 Å². The molecule has 7 nitrogen and oxygen atoms in total. The Morgan fingerprint density at radius 3 is 2.72 bits per heavy atom. The smallest absolute Gasteiger partial charge is 0.449 e. The van der Waals surface area contributed by atoms with Crippen molar-refractivity contribution in [2.45, 2.75) is 45.0 Å². The van der Waals surface area contributed by atoms with E-state index < -0.39 is 18.2 Å². The largest absolute Gasteiger partial charge is 0.511 e. The van der Waals surface area contributed by atoms with Crippen LogP contribution in [-0.2, 0) is 6.54 Å². The van der Waals surface area contributed by atoms with E-state index >= 15 is 0 Å². The van der Waals surface area contributed by atoms with Crippen LogP contribution < -0.4 is 20.2 Å². The third-order valence-electron chi connectivity index (χ3n) is 5.98. The molecule has 2 aromatic carbocycles. The highest BCUT2D eigenvalue weighted by Gasteiger charge is 2.30. The maximum absolute atomic E-state index is 13.5. The van der Waals surface area contributed by atoms with E-state index in [4.69, 9.17) is 9.84 Å². The summed E-state index contributed by atoms with van der Waals surface area (Å²) in [7, 11) is 0. The van der Waals surface area contributed by atoms with Gasteiger partial charge in [-0.1, -0.05) is 12.1 Å². The number of benzene rings is 2. The molecule has 3 aromatic rings. The number of carbonyl (C=O) groups is 1. The normalized spacial score (nSPS) is 17.6. The van der Waals surface area contributed by atoms with Crippen molar-refractivity contribution in [2.24, 2.45) is 0 Å². The molecule has 1 aliphatic carbocycles. The quantitative estimate of drug-likeness (QED) is 0.551. The number of pyridine rings is 1. The Labute approximate surface area is 181 Å². The molecule has 1 atom stereocenters. The average Bonchev–Trinajstić information content (AvgIpc) is 3.52. The van der Waals surface area contributed by atoms with Gasteiger partial charge in [0.05, 0.1) is 17.1 Å². The van der Waals surface area contributed by atoms with Crippen LogP contribution in [0.4, 0.5) is 13.6 Å². The van der Waals surface area contributed by atoms with Gasteiger partial charge in [-0.2, -0.15) is 8.78 Å². The summed E-state index contributed by atoms with van der Waals surface area (Å²) < 4.78 is 38.2. The minimum Gasteiger partial charge on any atom is -0.449 e. The molecule has 0 bridgehead atoms. The fraction of sp³-hybridized carbons (Fsp3) is 0.304. The standard InChI is InChI=1S/C23H20F2N2O5/c1-11-15-5-2-12(8-13(15)9-26-11)16-6-7-17-19(21(16)32-22(24)25)27(14-3-4-14)10-18(20(17)28)31-23(29)30/h2,5-8,10-11,14,22,26H,3-4,9H2,1H3,(H,29,30). The number of nitrogens with zero attached hydrogens (tertiary/aromatic N) is 1. The predicted octanol–water partition coefficient (Wildman–Crippen LogP) is 4.83. The van der Waals surface area contributed by atoms with Gasteiger partial charge in [-0.15, -0.1) is 0 Å². The molecular formula is C23H20F2N2O5. The van der Waals surface area contributed by atoms with Crippen molar-refractivity contribution in [2.75, 3.05) is 0 Å². The summed E-state index contributed by atoms with van der Waals surface area (Å²) in [5.74, 6) is -0.479. The minimum absolute atomic E-state index is 0.0606. The molecule has 32 heavy (non-hydrogen) atoms. The molecule has 1 unspecified atom stereocenters. The predicted molar refractivity (Wildman–Crippen MR) is 112 cm³/mol. The SMILES string of the molecule is CC1NCc2cc(-c3ccc4c(=O)c(OC(=O)O)cn(C5CC5)c4c3OC(F)F)ccc21. The van der Waals surface area contributed by atoms with Crippen LogP contribution in [0.5, 0.6) is 11.5 Å². The van der Waals surface area contributed by atoms with Crippen molar-refractivity contribution >= 4 is 17.1 Å². The molecular weight excluding hydrogens is 422 g/mol. The van der Waals surface area contributed by atoms with Crippen molar-refractivity contribution in [1.29, 1.82) is 0 Å². The number of nitrogens with one attached hydrogen (secondary N) is 1. The molecule has 166 valence electrons. The Balaban J connectivity index is 1.77. The zero-order valence-corrected chi connectivity index (χ0v) is 17.1. The van der Waals surface area contributed by atoms with E-state index in [-0.39, 0.29) is 34.5 Å². The van der Waals surface area contributed by atoms with Gasteiger partial charge in [0.15, 0.2) is 11.5 Å². The van der Waals surface area contributed by atoms with Gasteiger partial charge >= 0.3 is 12.8 Å². The van der Waals surface area contributed by atoms with Gasteiger partial charge in [-0.3, -0.25) is 4.79 Å². The maximum atomic E-state index is 13.5. The highest BCUT2D eigenvalue weighted by atomic mass is 19.3. The average molecular weight is 442 g/mol. The van der Waals surface area contributed by atoms with Gasteiger partial charge in [0, 0.05) is 24.2 Å². The van der Waals surface area contributed by atoms with Crippen molar-refractivity contribution in [1.82, 2.24) is 9.88 Å². The molecule has 0 spiro atoms. The number of carboxylic acid groups (broad SMARTS) is 1. The molecule has 2 N–H and O–H groups in total. The molecule has 0 radical (unpaired) electrons. The topological polar surface area (TPSA) is 89.8 Å². The second-order valence-electron chi connectivity index (χ2n) is 8.06. The van der Waals surface area contributed by atoms with Gasteiger partial charge in [0.1, 0.15) is 0 Å². The number of hydrogen-bond donors (Lipinski definition) is 2. The van der Waals surface area contributed by atoms with Gasteiger partial charge < -0.3 is 24.5 Å². The van der Waals surface area contributed by atoms with E-state index in [9.17, 15) is 18.4 Å². The molecule has 2 aliphatic rings. The van der Waals surface area contributed by atoms with E-state index in [2.05, 4.69) is 17.0 Å². The number of fused-ring (bicyclic) bond motifs is 2. The Bertz CT molecular complexity index is 1300. The van der Waals surface area contributed by atoms with E-state index in [1.807, 2.05) is 18.2 Å². The van der Waals surface area contributed by atoms with E-state index in [1.165, 1.54) is 12.3 Å². The number of hydrogen-bond acceptors (Lipinski definition) is 5. The number of rotatable bonds is 5. The molecule has 1 fully saturated rings. The number of aromatic nitrogens is 1. The van der Waals surface area contributed by atoms with Gasteiger partial charge in [0.2, 0.25) is 5.43 Å². The first-order valence-corrected chi connectivity index (χ1v) is 10.3. The first-order valence-electron chi connectivity index (χ1n) is 10.3. The van der Waals surface area contributed by atoms with E-state index in [1.54, 1.807) is 10.6 Å². The van der Waals surface area contributed by atoms with Crippen molar-refractivity contribution < 1.29 is 28.2 Å². The van der Waals surface area contributed by atoms with Gasteiger partial charge in [0.25, 0.3) is 0 Å². The fourth-order valence-electron chi connectivity index (χ4n) is 4.36. The molecule has 1 aromatic heterocycles. The Kier molecular flexibility index (Phi) is 4.85. The molecule has 5 rings (SSSR count). The maximum Gasteiger partial charge on any atom is 0.511 e. The lowest BCUT2D eigenvalue weighted by Crippen LogP contribution is -2.17. The van der Waals surface area contributed by atoms with Crippen LogP contribution in [0.15, 0.2) is 41.3 Å². The highest BCUT2D eigenvalue weighted by Crippen LogP contribution is 2.44. The van der Waals surface area contributed by atoms with Crippen LogP contribution in [0.3, 0.4) is 0 Å². The van der Waals surface area contributed by atoms with Crippen LogP contribution in [0.25, 0.3) is 22.0 Å². The molecule has 2 heterocycles. The molecule has 0 saturated heterocycles. The molecule has 9 heteroatoms. The first kappa shape index (κ1) is 20.4. The van der Waals surface area contributed by atoms with Gasteiger partial charge in [-0.05, 0) is 54.7 Å². The summed E-state index contributed by atoms with van der Waals surface area (Å²) in [4.78, 5) is 23.9. The zero-order chi connectivity index (χ0) is 22.6. The third kappa shape index (κ3) is 3.48. The summed E-state index contributed by atoms with van der Waals surface area (Å²) in [6.45, 7) is -0.378. The Hall–Kier alpha value is -3.46. The van der Waals surface area contributed by atoms with Crippen LogP contribution >= 0.6 is 0 Å². The lowest BCUT2D eigenvalue weighted by molar-refractivity contribution is -0.0486. The summed E-state index contributed by atoms with van der Waals surface area (Å²) in [6, 6.07) is 8.96. The molecule has 1 saturated carbocycles. The van der Waals surface area contributed by atoms with Crippen molar-refractivity contribution in [3.05, 3.63) is 57.9 Å². The lowest BCUT2D eigenvalue weighted by Gasteiger charge is -2.19. The Morgan fingerprint density at radius 1 is 1.25 bits per heavy atom. The van der Waals surface area contributed by atoms with Crippen LogP contribution in [0, 0.1) is 0 Å². The highest BCUT2D eigenvalue weighted by molar-refractivity contribution is 5.94. The van der Waals surface area contributed by atoms with Crippen LogP contribution in [0.1, 0.15) is 43.0 Å². The summed E-state index contributed by atoms with van der Waals surface area (Å²) in [5, 5.41) is 12.4. The lowest BCUT2D eigenvalue weighted by atomic mass is 9.96. The van der Waals surface area contributed by atoms with Crippen LogP contribution in [0.2, 0.25) is 0 Å². The summed E-state index contributed by atoms with van der Waals surface area (Å²) in [6.07, 6.45) is 1.19. The molecule has 0 amide bonds. The summed E-state index contributed by atoms with van der Waals surface area (Å²) in [5.41, 5.74) is 2.86. The van der Waals surface area contributed by atoms with E-state index in [0.717, 1.165) is 24.0 Å². The number of halogens is 2. The van der Waals surface area contributed by atoms with Gasteiger partial charge in [-0.25, -0.2) is 4.79 Å². The first-order chi connectivity index (χ1) is 15.3. The molecule has 1 aliphatic heterocycles. The number of alkyl halides is 2. The fourth-order valence-corrected chi connectivity index (χ4v) is 4.36. The van der Waals surface area contributed by atoms with Crippen molar-refractivity contribution in [3.63, 3.8) is 0 Å². The Morgan fingerprint density at radius 2 is 2.03 bits per heavy atom. The monoisotopic (exact) mass is 442 g/mol. The second kappa shape index (κ2) is 7.59. The number of ether oxygens (including phenoxy) is 2. The third-order valence-corrected chi connectivity index (χ3v) is 5.98. The van der Waals surface area contributed by atoms with Crippen LogP contribution in [-0.4, -0.2) is 22.4 Å². The summed E-state index contributed by atoms with van der Waals surface area (Å²) >= 11 is 0. The van der Waals surface area contributed by atoms with Crippen molar-refractivity contribution in [3.8, 4) is 22.6 Å².